The zero-order valence-corrected chi connectivity index (χ0v) is 86.6. The van der Waals surface area contributed by atoms with E-state index in [-0.39, 0.29) is 89.1 Å². The maximum Gasteiger partial charge on any atom is 0.333 e. The predicted molar refractivity (Wildman–Crippen MR) is 569 cm³/mol. The molecule has 148 heavy (non-hydrogen) atoms. The molecule has 1 fully saturated rings. The molecule has 8 aromatic carbocycles. The van der Waals surface area contributed by atoms with E-state index in [9.17, 15) is 54.7 Å². The number of nitrogens with one attached hydrogen (secondary N) is 5. The summed E-state index contributed by atoms with van der Waals surface area (Å²) in [6, 6.07) is 52.3. The summed E-state index contributed by atoms with van der Waals surface area (Å²) in [6.07, 6.45) is 25.5. The van der Waals surface area contributed by atoms with Gasteiger partial charge in [-0.1, -0.05) is 133 Å². The highest BCUT2D eigenvalue weighted by Crippen LogP contribution is 2.54. The molecule has 5 aliphatic rings. The third kappa shape index (κ3) is 23.8. The Balaban J connectivity index is 0.000000181. The van der Waals surface area contributed by atoms with Crippen molar-refractivity contribution < 1.29 is 78.2 Å². The van der Waals surface area contributed by atoms with Gasteiger partial charge in [-0.25, -0.2) is 14.8 Å². The SMILES string of the molecule is CCN1/C(=C/C=C/C=C/C2=[N+](CC)c3ccc(C)cc3C2(C)C)C(C)(CCCC(=O)NCc2ccc(C(=O)NCc3ccc(COc4nc(N)nc5nc[nH]c45)cc3)cc2)c2cc(S(=O)(=O)O)ccc21.CCN1/C(=C/C=C/C=C/C2=[N+](CC)c3ccc(C)cc3C2(C)C)C(C)(CCCC(=O)ON2C(=O)CCC2=O)c2cc(S(=O)(=O)O)ccc21.NCc1ccc(C(=O)NCc2ccc(COc3nc(N)nc4nc[nH]c34)cc2)cc1. The zero-order chi connectivity index (χ0) is 106. The quantitative estimate of drug-likeness (QED) is 0.00754. The number of ether oxygens (including phenoxy) is 2. The van der Waals surface area contributed by atoms with Crippen LogP contribution in [-0.2, 0) is 105 Å². The number of amides is 5. The number of hydroxylamine groups is 2. The third-order valence-corrected chi connectivity index (χ3v) is 29.3. The third-order valence-electron chi connectivity index (χ3n) is 27.6. The van der Waals surface area contributed by atoms with Gasteiger partial charge in [-0.05, 0) is 238 Å². The Morgan fingerprint density at radius 1 is 0.480 bits per heavy atom. The number of nitrogen functional groups attached to an aromatic ring is 2. The highest BCUT2D eigenvalue weighted by molar-refractivity contribution is 7.86. The van der Waals surface area contributed by atoms with Gasteiger partial charge in [0.15, 0.2) is 22.7 Å². The molecule has 0 radical (unpaired) electrons. The van der Waals surface area contributed by atoms with Crippen LogP contribution in [0.3, 0.4) is 0 Å². The second-order valence-electron chi connectivity index (χ2n) is 38.3. The van der Waals surface area contributed by atoms with Crippen LogP contribution < -0.4 is 52.4 Å². The van der Waals surface area contributed by atoms with Gasteiger partial charge in [-0.15, -0.1) is 5.06 Å². The fourth-order valence-corrected chi connectivity index (χ4v) is 20.7. The van der Waals surface area contributed by atoms with Crippen LogP contribution in [0.5, 0.6) is 11.8 Å². The largest absolute Gasteiger partial charge is 0.471 e. The number of aromatic nitrogens is 8. The minimum Gasteiger partial charge on any atom is -0.471 e. The number of nitrogens with zero attached hydrogens (tertiary/aromatic N) is 11. The van der Waals surface area contributed by atoms with Crippen LogP contribution in [0, 0.1) is 13.8 Å². The van der Waals surface area contributed by atoms with Gasteiger partial charge in [0.05, 0.1) is 33.3 Å². The Bertz CT molecular complexity index is 7580. The van der Waals surface area contributed by atoms with Crippen molar-refractivity contribution in [2.75, 3.05) is 47.4 Å². The number of aromatic amines is 2. The summed E-state index contributed by atoms with van der Waals surface area (Å²) in [5, 5.41) is 9.42. The number of carbonyl (C=O) groups excluding carboxylic acids is 6. The number of nitrogens with two attached hydrogens (primary N) is 3. The van der Waals surface area contributed by atoms with Gasteiger partial charge in [-0.3, -0.25) is 33.1 Å². The number of benzene rings is 8. The molecule has 0 bridgehead atoms. The van der Waals surface area contributed by atoms with Crippen molar-refractivity contribution in [3.63, 3.8) is 0 Å². The number of H-pyrrole nitrogens is 2. The average molecular weight is 2040 g/mol. The van der Waals surface area contributed by atoms with Gasteiger partial charge in [0.25, 0.3) is 43.9 Å². The molecule has 13 N–H and O–H groups in total. The number of allylic oxidation sites excluding steroid dienone is 12. The van der Waals surface area contributed by atoms with Gasteiger partial charge in [0, 0.05) is 145 Å². The Hall–Kier alpha value is -15.8. The van der Waals surface area contributed by atoms with E-state index in [1.165, 1.54) is 75.9 Å². The lowest BCUT2D eigenvalue weighted by atomic mass is 9.77. The molecule has 1 saturated heterocycles. The monoisotopic (exact) mass is 2040 g/mol. The van der Waals surface area contributed by atoms with Crippen molar-refractivity contribution in [3.8, 4) is 11.8 Å². The van der Waals surface area contributed by atoms with Crippen LogP contribution in [-0.4, -0.2) is 153 Å². The number of imidazole rings is 2. The van der Waals surface area contributed by atoms with Crippen molar-refractivity contribution in [2.24, 2.45) is 5.73 Å². The van der Waals surface area contributed by atoms with E-state index in [4.69, 9.17) is 31.5 Å². The first-order chi connectivity index (χ1) is 70.7. The minimum atomic E-state index is -4.46. The Morgan fingerprint density at radius 3 is 1.27 bits per heavy atom. The molecule has 36 heteroatoms. The summed E-state index contributed by atoms with van der Waals surface area (Å²) in [6.45, 7) is 30.6. The van der Waals surface area contributed by atoms with E-state index in [2.05, 4.69) is 198 Å². The molecule has 9 heterocycles. The number of rotatable bonds is 36. The lowest BCUT2D eigenvalue weighted by Gasteiger charge is -2.30. The second kappa shape index (κ2) is 45.5. The van der Waals surface area contributed by atoms with Gasteiger partial charge in [0.2, 0.25) is 40.9 Å². The van der Waals surface area contributed by atoms with Crippen LogP contribution >= 0.6 is 0 Å². The van der Waals surface area contributed by atoms with Crippen molar-refractivity contribution in [1.29, 1.82) is 0 Å². The number of likely N-dealkylation sites (N-methyl/N-ethyl adjacent to an activating group) is 2. The van der Waals surface area contributed by atoms with Crippen LogP contribution in [0.1, 0.15) is 208 Å². The molecule has 0 spiro atoms. The summed E-state index contributed by atoms with van der Waals surface area (Å²) < 4.78 is 85.1. The smallest absolute Gasteiger partial charge is 0.333 e. The van der Waals surface area contributed by atoms with Crippen molar-refractivity contribution in [3.05, 3.63) is 333 Å². The molecule has 4 aromatic heterocycles. The summed E-state index contributed by atoms with van der Waals surface area (Å²) in [5.74, 6) is -1.40. The maximum atomic E-state index is 13.3. The van der Waals surface area contributed by atoms with Crippen molar-refractivity contribution in [1.82, 2.24) is 60.9 Å². The number of carbonyl (C=O) groups is 6. The first-order valence-corrected chi connectivity index (χ1v) is 52.2. The highest BCUT2D eigenvalue weighted by Gasteiger charge is 2.48. The number of hydrogen-bond donors (Lipinski definition) is 10. The molecular weight excluding hydrogens is 1920 g/mol. The molecule has 17 rings (SSSR count). The lowest BCUT2D eigenvalue weighted by Crippen LogP contribution is -2.32. The summed E-state index contributed by atoms with van der Waals surface area (Å²) in [7, 11) is -8.91. The standard InChI is InChI=1S/C54H59N9O6S.C37H43N3O7S.C21H21N7O2/c1-7-62-43-26-16-35(3)29-41(43)53(4,5)45(62)13-10-9-11-14-46-54(6,42-30-40(70(66,67)68)25-27-44(42)63(46)8-2)28-12-15-47(64)56-31-37-21-23-39(24-22-37)50(65)57-32-36-17-19-38(20-18-36)33-69-51-48-49(59-34-58-48)60-52(55)61-51;1-7-38-29-18-16-25(3)23-27(29)36(4,5)31(38)13-10-9-11-14-32-37(6,22-12-15-35(43)47-40-33(41)20-21-34(40)42)28-24-26(48(44,45)46)17-19-30(28)39(32)8-2;22-9-13-5-7-16(8-6-13)19(29)24-10-14-1-3-15(4-2-14)11-30-20-17-18(26-12-25-17)27-21(23)28-20/h9-11,13-14,16-27,29-30,34H,7-8,12,15,28,31-33H2,1-6H3,(H5-,55,56,57,58,59,60,61,64,65,66,67,68);9-11,13-14,16-19,23-24H,7-8,12,15,20-22H2,1-6H3;1-8,12H,9-11,22H2,(H,24,29)(H3,23,25,26,27,28)/p+2. The van der Waals surface area contributed by atoms with E-state index in [0.29, 0.717) is 121 Å². The summed E-state index contributed by atoms with van der Waals surface area (Å²) in [5.41, 5.74) is 39.1. The van der Waals surface area contributed by atoms with E-state index in [0.717, 1.165) is 74.8 Å². The predicted octanol–water partition coefficient (Wildman–Crippen LogP) is 16.8. The number of aryl methyl sites for hydroxylation is 2. The van der Waals surface area contributed by atoms with Gasteiger partial charge in [-0.2, -0.15) is 45.9 Å². The summed E-state index contributed by atoms with van der Waals surface area (Å²) >= 11 is 0. The summed E-state index contributed by atoms with van der Waals surface area (Å²) in [4.78, 5) is 114. The Kier molecular flexibility index (Phi) is 32.7. The van der Waals surface area contributed by atoms with E-state index in [1.807, 2.05) is 130 Å². The van der Waals surface area contributed by atoms with Crippen molar-refractivity contribution in [2.45, 2.75) is 205 Å². The first kappa shape index (κ1) is 107. The molecule has 0 saturated carbocycles. The highest BCUT2D eigenvalue weighted by atomic mass is 32.2. The molecule has 5 amide bonds. The van der Waals surface area contributed by atoms with Gasteiger partial charge in [0.1, 0.15) is 37.3 Å². The molecule has 5 aliphatic heterocycles. The Labute approximate surface area is 860 Å². The van der Waals surface area contributed by atoms with E-state index < -0.39 is 48.8 Å². The van der Waals surface area contributed by atoms with Gasteiger partial charge < -0.3 is 67.2 Å². The fourth-order valence-electron chi connectivity index (χ4n) is 19.6. The van der Waals surface area contributed by atoms with Crippen LogP contribution in [0.25, 0.3) is 22.3 Å². The first-order valence-electron chi connectivity index (χ1n) is 49.3. The number of imide groups is 1. The number of hydrogen-bond acceptors (Lipinski definition) is 24. The molecule has 768 valence electrons. The topological polar surface area (TPSA) is 478 Å². The second-order valence-corrected chi connectivity index (χ2v) is 41.1. The van der Waals surface area contributed by atoms with Gasteiger partial charge >= 0.3 is 5.97 Å². The minimum absolute atomic E-state index is 0.0160. The molecule has 34 nitrogen and oxygen atoms in total. The van der Waals surface area contributed by atoms with E-state index in [1.54, 1.807) is 42.5 Å². The Morgan fingerprint density at radius 2 is 0.872 bits per heavy atom. The van der Waals surface area contributed by atoms with Crippen molar-refractivity contribution >= 4 is 124 Å². The molecule has 12 aromatic rings. The fraction of sp³-hybridized carbons (Fsp3) is 0.304. The number of fused-ring (bicyclic) bond motifs is 6. The van der Waals surface area contributed by atoms with Crippen LogP contribution in [0.2, 0.25) is 0 Å². The molecule has 2 unspecified atom stereocenters. The lowest BCUT2D eigenvalue weighted by molar-refractivity contribution is -0.433. The number of anilines is 4. The molecule has 2 atom stereocenters. The van der Waals surface area contributed by atoms with Crippen LogP contribution in [0.4, 0.5) is 34.6 Å². The maximum absolute atomic E-state index is 13.3. The average Bonchev–Trinajstić information content (AvgIpc) is 1.60. The molecular formula is C112H125N19O15S2+2. The normalized spacial score (nSPS) is 17.1. The van der Waals surface area contributed by atoms with Crippen LogP contribution in [0.15, 0.2) is 264 Å². The molecule has 0 aliphatic carbocycles. The zero-order valence-electron chi connectivity index (χ0n) is 85.0. The van der Waals surface area contributed by atoms with E-state index >= 15 is 0 Å².